The molecule has 0 radical (unpaired) electrons. The molecule has 0 amide bonds. The topological polar surface area (TPSA) is 122 Å². The lowest BCUT2D eigenvalue weighted by atomic mass is 10.6. The second-order valence-electron chi connectivity index (χ2n) is 1.86. The summed E-state index contributed by atoms with van der Waals surface area (Å²) in [6, 6.07) is 0. The van der Waals surface area contributed by atoms with Crippen LogP contribution in [0.3, 0.4) is 0 Å². The van der Waals surface area contributed by atoms with Gasteiger partial charge in [-0.1, -0.05) is 0 Å². The molecule has 1 aromatic rings. The average molecular weight is 183 g/mol. The largest absolute Gasteiger partial charge is 0.382 e. The Morgan fingerprint density at radius 2 is 2.25 bits per heavy atom. The highest BCUT2D eigenvalue weighted by molar-refractivity contribution is 8.03. The minimum absolute atomic E-state index is 0.0252. The van der Waals surface area contributed by atoms with Crippen molar-refractivity contribution >= 4 is 23.5 Å². The monoisotopic (exact) mass is 183 g/mol. The Labute approximate surface area is 71.6 Å². The molecule has 0 aliphatic heterocycles. The molecular formula is C5H5N5OS. The molecule has 5 N–H and O–H groups in total. The molecular weight excluding hydrogens is 178 g/mol. The summed E-state index contributed by atoms with van der Waals surface area (Å²) in [5.41, 5.74) is 10.0. The summed E-state index contributed by atoms with van der Waals surface area (Å²) in [4.78, 5) is 16.9. The van der Waals surface area contributed by atoms with Crippen molar-refractivity contribution in [3.63, 3.8) is 0 Å². The van der Waals surface area contributed by atoms with E-state index in [0.29, 0.717) is 11.8 Å². The van der Waals surface area contributed by atoms with Crippen molar-refractivity contribution in [2.45, 2.75) is 4.90 Å². The Bertz CT molecular complexity index is 392. The molecule has 0 aliphatic rings. The first-order chi connectivity index (χ1) is 5.65. The maximum Gasteiger partial charge on any atom is 0.269 e. The number of rotatable bonds is 1. The Balaban J connectivity index is 3.31. The number of thiocyanates is 1. The van der Waals surface area contributed by atoms with Gasteiger partial charge in [-0.15, -0.1) is 0 Å². The molecule has 7 heteroatoms. The minimum atomic E-state index is -0.494. The van der Waals surface area contributed by atoms with Crippen LogP contribution in [-0.4, -0.2) is 9.97 Å². The van der Waals surface area contributed by atoms with Crippen LogP contribution in [0.1, 0.15) is 0 Å². The molecule has 0 fully saturated rings. The van der Waals surface area contributed by atoms with Gasteiger partial charge in [-0.2, -0.15) is 10.2 Å². The number of hydrogen-bond acceptors (Lipinski definition) is 6. The quantitative estimate of drug-likeness (QED) is 0.399. The summed E-state index contributed by atoms with van der Waals surface area (Å²) < 4.78 is 0. The molecule has 1 aromatic heterocycles. The molecule has 62 valence electrons. The number of nitrogens with zero attached hydrogens (tertiary/aromatic N) is 2. The maximum atomic E-state index is 11.0. The summed E-state index contributed by atoms with van der Waals surface area (Å²) in [5.74, 6) is -0.0809. The first kappa shape index (κ1) is 8.42. The average Bonchev–Trinajstić information content (AvgIpc) is 1.96. The van der Waals surface area contributed by atoms with Gasteiger partial charge >= 0.3 is 0 Å². The maximum absolute atomic E-state index is 11.0. The van der Waals surface area contributed by atoms with Gasteiger partial charge in [0.05, 0.1) is 0 Å². The molecule has 0 bridgehead atoms. The number of nitrogens with two attached hydrogens (primary N) is 2. The fourth-order valence-electron chi connectivity index (χ4n) is 0.642. The third-order valence-corrected chi connectivity index (χ3v) is 1.76. The number of aromatic amines is 1. The van der Waals surface area contributed by atoms with E-state index >= 15 is 0 Å². The normalized spacial score (nSPS) is 9.25. The summed E-state index contributed by atoms with van der Waals surface area (Å²) in [6.07, 6.45) is 0. The van der Waals surface area contributed by atoms with Gasteiger partial charge in [-0.05, 0) is 11.8 Å². The number of H-pyrrole nitrogens is 1. The van der Waals surface area contributed by atoms with Gasteiger partial charge in [0.2, 0.25) is 5.95 Å². The van der Waals surface area contributed by atoms with Crippen molar-refractivity contribution in [1.82, 2.24) is 9.97 Å². The van der Waals surface area contributed by atoms with Crippen molar-refractivity contribution in [2.24, 2.45) is 0 Å². The van der Waals surface area contributed by atoms with Crippen LogP contribution in [-0.2, 0) is 0 Å². The van der Waals surface area contributed by atoms with Crippen molar-refractivity contribution in [3.05, 3.63) is 10.4 Å². The zero-order valence-corrected chi connectivity index (χ0v) is 6.68. The van der Waals surface area contributed by atoms with Gasteiger partial charge in [-0.3, -0.25) is 9.78 Å². The summed E-state index contributed by atoms with van der Waals surface area (Å²) >= 11 is 0.656. The Kier molecular flexibility index (Phi) is 2.21. The molecule has 0 saturated carbocycles. The first-order valence-corrected chi connectivity index (χ1v) is 3.68. The molecule has 6 nitrogen and oxygen atoms in total. The van der Waals surface area contributed by atoms with E-state index in [-0.39, 0.29) is 16.7 Å². The molecule has 1 rings (SSSR count). The molecule has 1 heterocycles. The van der Waals surface area contributed by atoms with E-state index in [1.54, 1.807) is 5.40 Å². The molecule has 0 atom stereocenters. The van der Waals surface area contributed by atoms with E-state index in [0.717, 1.165) is 0 Å². The van der Waals surface area contributed by atoms with E-state index < -0.39 is 5.56 Å². The fraction of sp³-hybridized carbons (Fsp3) is 0. The van der Waals surface area contributed by atoms with Gasteiger partial charge in [-0.25, -0.2) is 0 Å². The van der Waals surface area contributed by atoms with Crippen LogP contribution < -0.4 is 17.0 Å². The number of nitrogen functional groups attached to an aromatic ring is 2. The van der Waals surface area contributed by atoms with E-state index in [4.69, 9.17) is 16.7 Å². The lowest BCUT2D eigenvalue weighted by Crippen LogP contribution is -2.15. The third-order valence-electron chi connectivity index (χ3n) is 1.07. The molecule has 0 unspecified atom stereocenters. The van der Waals surface area contributed by atoms with Crippen molar-refractivity contribution < 1.29 is 0 Å². The second-order valence-corrected chi connectivity index (χ2v) is 2.65. The van der Waals surface area contributed by atoms with E-state index in [1.807, 2.05) is 0 Å². The highest BCUT2D eigenvalue weighted by Gasteiger charge is 2.07. The number of nitrogens with one attached hydrogen (secondary N) is 1. The van der Waals surface area contributed by atoms with Crippen molar-refractivity contribution in [3.8, 4) is 5.40 Å². The van der Waals surface area contributed by atoms with Gasteiger partial charge in [0.1, 0.15) is 16.1 Å². The van der Waals surface area contributed by atoms with E-state index in [9.17, 15) is 4.79 Å². The van der Waals surface area contributed by atoms with E-state index in [2.05, 4.69) is 9.97 Å². The molecule has 0 aliphatic carbocycles. The first-order valence-electron chi connectivity index (χ1n) is 2.86. The molecule has 0 saturated heterocycles. The number of nitriles is 1. The number of hydrogen-bond donors (Lipinski definition) is 3. The lowest BCUT2D eigenvalue weighted by molar-refractivity contribution is 1.07. The smallest absolute Gasteiger partial charge is 0.269 e. The van der Waals surface area contributed by atoms with Gasteiger partial charge in [0.15, 0.2) is 0 Å². The Hall–Kier alpha value is -1.68. The van der Waals surface area contributed by atoms with Crippen molar-refractivity contribution in [2.75, 3.05) is 11.5 Å². The van der Waals surface area contributed by atoms with Gasteiger partial charge in [0.25, 0.3) is 5.56 Å². The van der Waals surface area contributed by atoms with Crippen LogP contribution in [0.4, 0.5) is 11.8 Å². The van der Waals surface area contributed by atoms with Crippen molar-refractivity contribution in [1.29, 1.82) is 5.26 Å². The Morgan fingerprint density at radius 1 is 1.58 bits per heavy atom. The Morgan fingerprint density at radius 3 is 2.75 bits per heavy atom. The molecule has 0 spiro atoms. The predicted octanol–water partition coefficient (Wildman–Crippen LogP) is -0.493. The molecule has 12 heavy (non-hydrogen) atoms. The van der Waals surface area contributed by atoms with Crippen LogP contribution in [0.2, 0.25) is 0 Å². The van der Waals surface area contributed by atoms with Gasteiger partial charge in [0, 0.05) is 0 Å². The van der Waals surface area contributed by atoms with E-state index in [1.165, 1.54) is 0 Å². The summed E-state index contributed by atoms with van der Waals surface area (Å²) in [7, 11) is 0. The zero-order chi connectivity index (χ0) is 9.14. The lowest BCUT2D eigenvalue weighted by Gasteiger charge is -1.98. The van der Waals surface area contributed by atoms with Crippen LogP contribution in [0, 0.1) is 10.7 Å². The standard InChI is InChI=1S/C5H5N5OS/c6-1-12-2-3(7)9-5(8)10-4(2)11/h(H5,7,8,9,10,11). The zero-order valence-electron chi connectivity index (χ0n) is 5.87. The highest BCUT2D eigenvalue weighted by Crippen LogP contribution is 2.16. The minimum Gasteiger partial charge on any atom is -0.382 e. The SMILES string of the molecule is N#CSc1c(N)nc(N)[nH]c1=O. The second kappa shape index (κ2) is 3.15. The number of thioether (sulfide) groups is 1. The summed E-state index contributed by atoms with van der Waals surface area (Å²) in [6.45, 7) is 0. The number of aromatic nitrogens is 2. The third kappa shape index (κ3) is 1.49. The molecule has 0 aromatic carbocycles. The van der Waals surface area contributed by atoms with Gasteiger partial charge < -0.3 is 11.5 Å². The highest BCUT2D eigenvalue weighted by atomic mass is 32.2. The predicted molar refractivity (Wildman–Crippen MR) is 45.2 cm³/mol. The summed E-state index contributed by atoms with van der Waals surface area (Å²) in [5, 5.41) is 10.0. The van der Waals surface area contributed by atoms with Crippen LogP contribution >= 0.6 is 11.8 Å². The number of anilines is 2. The van der Waals surface area contributed by atoms with Crippen LogP contribution in [0.25, 0.3) is 0 Å². The van der Waals surface area contributed by atoms with Crippen LogP contribution in [0.15, 0.2) is 9.69 Å². The fourth-order valence-corrected chi connectivity index (χ4v) is 1.03. The van der Waals surface area contributed by atoms with Crippen LogP contribution in [0.5, 0.6) is 0 Å².